The lowest BCUT2D eigenvalue weighted by molar-refractivity contribution is -0.253. The highest BCUT2D eigenvalue weighted by atomic mass is 32.1. The average Bonchev–Trinajstić information content (AvgIpc) is 2.54. The average molecular weight is 419 g/mol. The van der Waals surface area contributed by atoms with E-state index in [1.807, 2.05) is 0 Å². The lowest BCUT2D eigenvalue weighted by atomic mass is 9.92. The third kappa shape index (κ3) is 7.77. The third-order valence-electron chi connectivity index (χ3n) is 3.76. The van der Waals surface area contributed by atoms with E-state index < -0.39 is 54.4 Å². The molecule has 2 N–H and O–H groups in total. The maximum Gasteiger partial charge on any atom is 0.303 e. The zero-order chi connectivity index (χ0) is 21.4. The van der Waals surface area contributed by atoms with Crippen LogP contribution in [0.3, 0.4) is 0 Å². The fourth-order valence-corrected chi connectivity index (χ4v) is 2.95. The van der Waals surface area contributed by atoms with Gasteiger partial charge in [-0.2, -0.15) is 0 Å². The van der Waals surface area contributed by atoms with Crippen molar-refractivity contribution in [3.05, 3.63) is 0 Å². The van der Waals surface area contributed by atoms with E-state index >= 15 is 0 Å². The molecule has 0 unspecified atom stereocenters. The van der Waals surface area contributed by atoms with E-state index in [1.54, 1.807) is 0 Å². The SMILES string of the molecule is CC(=O)OC[C@H]1O[C@H](CCC(N)=S)[C@@H](OC(C)=O)[C@@H](OC(C)=O)[C@@H]1OC(C)=O. The molecule has 5 atom stereocenters. The predicted octanol–water partition coefficient (Wildman–Crippen LogP) is 0.178. The Kier molecular flexibility index (Phi) is 9.26. The first-order valence-electron chi connectivity index (χ1n) is 8.60. The van der Waals surface area contributed by atoms with E-state index in [9.17, 15) is 19.2 Å². The minimum atomic E-state index is -1.17. The Morgan fingerprint density at radius 2 is 1.29 bits per heavy atom. The summed E-state index contributed by atoms with van der Waals surface area (Å²) in [5.41, 5.74) is 5.54. The van der Waals surface area contributed by atoms with Gasteiger partial charge in [-0.3, -0.25) is 19.2 Å². The van der Waals surface area contributed by atoms with Crippen molar-refractivity contribution in [2.75, 3.05) is 6.61 Å². The number of hydrogen-bond donors (Lipinski definition) is 1. The molecule has 0 saturated carbocycles. The van der Waals surface area contributed by atoms with Crippen molar-refractivity contribution in [3.63, 3.8) is 0 Å². The van der Waals surface area contributed by atoms with Gasteiger partial charge in [-0.05, 0) is 6.42 Å². The standard InChI is InChI=1S/C17H25NO9S/c1-8(19)23-7-13-16(25-10(3)21)17(26-11(4)22)15(24-9(2)20)12(27-13)5-6-14(18)28/h12-13,15-17H,5-7H2,1-4H3,(H2,18,28)/t12-,13-,15-,16-,17-/m1/s1. The molecule has 1 saturated heterocycles. The summed E-state index contributed by atoms with van der Waals surface area (Å²) in [6.07, 6.45) is -4.64. The van der Waals surface area contributed by atoms with E-state index in [-0.39, 0.29) is 24.4 Å². The largest absolute Gasteiger partial charge is 0.463 e. The molecule has 0 bridgehead atoms. The normalized spacial score (nSPS) is 26.6. The highest BCUT2D eigenvalue weighted by Crippen LogP contribution is 2.31. The highest BCUT2D eigenvalue weighted by Gasteiger charge is 2.51. The number of nitrogens with two attached hydrogens (primary N) is 1. The van der Waals surface area contributed by atoms with Crippen molar-refractivity contribution >= 4 is 41.1 Å². The summed E-state index contributed by atoms with van der Waals surface area (Å²) in [5, 5.41) is 0. The Morgan fingerprint density at radius 3 is 1.71 bits per heavy atom. The van der Waals surface area contributed by atoms with Crippen LogP contribution in [0.2, 0.25) is 0 Å². The van der Waals surface area contributed by atoms with E-state index in [4.69, 9.17) is 41.6 Å². The number of hydrogen-bond acceptors (Lipinski definition) is 10. The molecule has 11 heteroatoms. The van der Waals surface area contributed by atoms with Crippen LogP contribution in [-0.4, -0.2) is 66.0 Å². The molecule has 10 nitrogen and oxygen atoms in total. The number of ether oxygens (including phenoxy) is 5. The predicted molar refractivity (Wildman–Crippen MR) is 98.0 cm³/mol. The molecule has 0 spiro atoms. The van der Waals surface area contributed by atoms with Crippen LogP contribution >= 0.6 is 12.2 Å². The van der Waals surface area contributed by atoms with Crippen molar-refractivity contribution in [1.29, 1.82) is 0 Å². The highest BCUT2D eigenvalue weighted by molar-refractivity contribution is 7.80. The Balaban J connectivity index is 3.26. The summed E-state index contributed by atoms with van der Waals surface area (Å²) >= 11 is 4.88. The number of esters is 4. The minimum Gasteiger partial charge on any atom is -0.463 e. The maximum absolute atomic E-state index is 11.7. The van der Waals surface area contributed by atoms with Gasteiger partial charge in [-0.15, -0.1) is 0 Å². The van der Waals surface area contributed by atoms with E-state index in [1.165, 1.54) is 13.8 Å². The summed E-state index contributed by atoms with van der Waals surface area (Å²) in [6.45, 7) is 4.45. The fourth-order valence-electron chi connectivity index (χ4n) is 2.83. The van der Waals surface area contributed by atoms with Crippen LogP contribution in [0.5, 0.6) is 0 Å². The van der Waals surface area contributed by atoms with E-state index in [0.29, 0.717) is 0 Å². The molecule has 0 radical (unpaired) electrons. The number of rotatable bonds is 8. The van der Waals surface area contributed by atoms with Crippen LogP contribution in [0.4, 0.5) is 0 Å². The second-order valence-corrected chi connectivity index (χ2v) is 6.77. The van der Waals surface area contributed by atoms with Crippen molar-refractivity contribution in [3.8, 4) is 0 Å². The lowest BCUT2D eigenvalue weighted by Gasteiger charge is -2.44. The van der Waals surface area contributed by atoms with Crippen LogP contribution in [0.25, 0.3) is 0 Å². The molecular weight excluding hydrogens is 394 g/mol. The smallest absolute Gasteiger partial charge is 0.303 e. The van der Waals surface area contributed by atoms with Crippen LogP contribution in [0, 0.1) is 0 Å². The van der Waals surface area contributed by atoms with Crippen molar-refractivity contribution in [1.82, 2.24) is 0 Å². The van der Waals surface area contributed by atoms with Crippen LogP contribution in [-0.2, 0) is 42.9 Å². The van der Waals surface area contributed by atoms with Crippen LogP contribution < -0.4 is 5.73 Å². The molecule has 0 aromatic carbocycles. The molecule has 1 aliphatic heterocycles. The van der Waals surface area contributed by atoms with E-state index in [0.717, 1.165) is 13.8 Å². The Labute approximate surface area is 167 Å². The number of carbonyl (C=O) groups is 4. The number of thiocarbonyl (C=S) groups is 1. The lowest BCUT2D eigenvalue weighted by Crippen LogP contribution is -2.62. The summed E-state index contributed by atoms with van der Waals surface area (Å²) in [7, 11) is 0. The molecule has 1 fully saturated rings. The second-order valence-electron chi connectivity index (χ2n) is 6.24. The first kappa shape index (κ1) is 23.8. The van der Waals surface area contributed by atoms with Gasteiger partial charge in [0, 0.05) is 34.1 Å². The first-order chi connectivity index (χ1) is 13.0. The monoisotopic (exact) mass is 419 g/mol. The molecule has 158 valence electrons. The molecular formula is C17H25NO9S. The van der Waals surface area contributed by atoms with Gasteiger partial charge in [0.25, 0.3) is 0 Å². The zero-order valence-electron chi connectivity index (χ0n) is 16.2. The second kappa shape index (κ2) is 10.9. The quantitative estimate of drug-likeness (QED) is 0.327. The molecule has 0 aromatic heterocycles. The molecule has 28 heavy (non-hydrogen) atoms. The van der Waals surface area contributed by atoms with Crippen molar-refractivity contribution < 1.29 is 42.9 Å². The Morgan fingerprint density at radius 1 is 0.821 bits per heavy atom. The minimum absolute atomic E-state index is 0.216. The number of carbonyl (C=O) groups excluding carboxylic acids is 4. The molecule has 1 heterocycles. The van der Waals surface area contributed by atoms with Crippen molar-refractivity contribution in [2.24, 2.45) is 5.73 Å². The molecule has 1 rings (SSSR count). The van der Waals surface area contributed by atoms with Gasteiger partial charge in [0.05, 0.1) is 11.1 Å². The van der Waals surface area contributed by atoms with Gasteiger partial charge in [-0.1, -0.05) is 12.2 Å². The Hall–Kier alpha value is -2.27. The van der Waals surface area contributed by atoms with Crippen LogP contribution in [0.1, 0.15) is 40.5 Å². The zero-order valence-corrected chi connectivity index (χ0v) is 17.0. The molecule has 0 aromatic rings. The summed E-state index contributed by atoms with van der Waals surface area (Å²) in [5.74, 6) is -2.58. The van der Waals surface area contributed by atoms with Gasteiger partial charge in [0.2, 0.25) is 0 Å². The summed E-state index contributed by atoms with van der Waals surface area (Å²) in [4.78, 5) is 46.3. The third-order valence-corrected chi connectivity index (χ3v) is 3.97. The van der Waals surface area contributed by atoms with Gasteiger partial charge < -0.3 is 29.4 Å². The Bertz CT molecular complexity index is 580. The van der Waals surface area contributed by atoms with Gasteiger partial charge in [-0.25, -0.2) is 0 Å². The van der Waals surface area contributed by atoms with Crippen LogP contribution in [0.15, 0.2) is 0 Å². The van der Waals surface area contributed by atoms with Crippen molar-refractivity contribution in [2.45, 2.75) is 71.1 Å². The topological polar surface area (TPSA) is 140 Å². The van der Waals surface area contributed by atoms with Gasteiger partial charge in [0.15, 0.2) is 18.3 Å². The summed E-state index contributed by atoms with van der Waals surface area (Å²) < 4.78 is 26.8. The van der Waals surface area contributed by atoms with E-state index in [2.05, 4.69) is 0 Å². The molecule has 0 amide bonds. The fraction of sp³-hybridized carbons (Fsp3) is 0.706. The van der Waals surface area contributed by atoms with Gasteiger partial charge >= 0.3 is 23.9 Å². The maximum atomic E-state index is 11.7. The molecule has 0 aliphatic carbocycles. The molecule has 1 aliphatic rings. The first-order valence-corrected chi connectivity index (χ1v) is 9.00. The van der Waals surface area contributed by atoms with Gasteiger partial charge in [0.1, 0.15) is 12.7 Å². The summed E-state index contributed by atoms with van der Waals surface area (Å²) in [6, 6.07) is 0.